The first-order chi connectivity index (χ1) is 9.09. The predicted octanol–water partition coefficient (Wildman–Crippen LogP) is 1.85. The summed E-state index contributed by atoms with van der Waals surface area (Å²) in [5.41, 5.74) is 1.01. The molecule has 106 valence electrons. The largest absolute Gasteiger partial charge is 0.374 e. The molecule has 2 rings (SSSR count). The van der Waals surface area contributed by atoms with Crippen molar-refractivity contribution in [3.8, 4) is 0 Å². The van der Waals surface area contributed by atoms with Gasteiger partial charge in [-0.1, -0.05) is 0 Å². The van der Waals surface area contributed by atoms with Crippen molar-refractivity contribution in [3.63, 3.8) is 0 Å². The topological polar surface area (TPSA) is 41.6 Å². The summed E-state index contributed by atoms with van der Waals surface area (Å²) in [5.74, 6) is -0.0307. The van der Waals surface area contributed by atoms with Crippen LogP contribution in [0.3, 0.4) is 0 Å². The van der Waals surface area contributed by atoms with Gasteiger partial charge < -0.3 is 9.64 Å². The second-order valence-electron chi connectivity index (χ2n) is 4.35. The van der Waals surface area contributed by atoms with Crippen molar-refractivity contribution in [1.82, 2.24) is 10.2 Å². The first-order valence-corrected chi connectivity index (χ1v) is 6.98. The van der Waals surface area contributed by atoms with Crippen molar-refractivity contribution in [2.24, 2.45) is 0 Å². The molecule has 1 amide bonds. The Kier molecular flexibility index (Phi) is 4.84. The van der Waals surface area contributed by atoms with Crippen molar-refractivity contribution in [1.29, 1.82) is 0 Å². The van der Waals surface area contributed by atoms with Crippen molar-refractivity contribution in [2.45, 2.75) is 25.6 Å². The molecule has 1 aliphatic rings. The molecule has 2 unspecified atom stereocenters. The minimum Gasteiger partial charge on any atom is -0.374 e. The standard InChI is InChI=1S/C12H16F2N2O2S/c1-8-12(17)16(3-4-18-6-10(13)14)11(15-8)9-2-5-19-7-9/h2,5,7-8,10-11,15H,3-4,6H2,1H3. The van der Waals surface area contributed by atoms with Crippen LogP contribution in [-0.4, -0.2) is 43.0 Å². The van der Waals surface area contributed by atoms with Gasteiger partial charge in [-0.2, -0.15) is 11.3 Å². The Balaban J connectivity index is 1.93. The van der Waals surface area contributed by atoms with Crippen molar-refractivity contribution < 1.29 is 18.3 Å². The van der Waals surface area contributed by atoms with Gasteiger partial charge in [-0.15, -0.1) is 0 Å². The second-order valence-corrected chi connectivity index (χ2v) is 5.13. The summed E-state index contributed by atoms with van der Waals surface area (Å²) in [6.07, 6.45) is -2.66. The Morgan fingerprint density at radius 3 is 3.00 bits per heavy atom. The highest BCUT2D eigenvalue weighted by atomic mass is 32.1. The van der Waals surface area contributed by atoms with Gasteiger partial charge in [0, 0.05) is 6.54 Å². The molecular formula is C12H16F2N2O2S. The first-order valence-electron chi connectivity index (χ1n) is 6.04. The molecule has 0 radical (unpaired) electrons. The number of ether oxygens (including phenoxy) is 1. The number of nitrogens with zero attached hydrogens (tertiary/aromatic N) is 1. The molecule has 1 aliphatic heterocycles. The SMILES string of the molecule is CC1NC(c2ccsc2)N(CCOCC(F)F)C1=O. The Hall–Kier alpha value is -1.05. The van der Waals surface area contributed by atoms with E-state index in [2.05, 4.69) is 5.32 Å². The van der Waals surface area contributed by atoms with E-state index in [1.54, 1.807) is 23.2 Å². The van der Waals surface area contributed by atoms with Crippen LogP contribution in [0.4, 0.5) is 8.78 Å². The first kappa shape index (κ1) is 14.4. The lowest BCUT2D eigenvalue weighted by Crippen LogP contribution is -2.33. The van der Waals surface area contributed by atoms with Gasteiger partial charge in [0.2, 0.25) is 5.91 Å². The van der Waals surface area contributed by atoms with E-state index >= 15 is 0 Å². The third-order valence-electron chi connectivity index (χ3n) is 2.95. The molecule has 0 aliphatic carbocycles. The normalized spacial score (nSPS) is 23.6. The Labute approximate surface area is 114 Å². The predicted molar refractivity (Wildman–Crippen MR) is 68.2 cm³/mol. The molecular weight excluding hydrogens is 274 g/mol. The molecule has 4 nitrogen and oxygen atoms in total. The second kappa shape index (κ2) is 6.40. The van der Waals surface area contributed by atoms with Crippen molar-refractivity contribution in [2.75, 3.05) is 19.8 Å². The molecule has 1 N–H and O–H groups in total. The van der Waals surface area contributed by atoms with E-state index in [9.17, 15) is 13.6 Å². The minimum absolute atomic E-state index is 0.0307. The quantitative estimate of drug-likeness (QED) is 0.813. The average molecular weight is 290 g/mol. The lowest BCUT2D eigenvalue weighted by molar-refractivity contribution is -0.130. The van der Waals surface area contributed by atoms with Crippen LogP contribution in [0.15, 0.2) is 16.8 Å². The van der Waals surface area contributed by atoms with E-state index in [4.69, 9.17) is 4.74 Å². The number of thiophene rings is 1. The Bertz CT molecular complexity index is 414. The van der Waals surface area contributed by atoms with Crippen LogP contribution in [0.2, 0.25) is 0 Å². The third kappa shape index (κ3) is 3.49. The Morgan fingerprint density at radius 2 is 2.37 bits per heavy atom. The zero-order valence-corrected chi connectivity index (χ0v) is 11.3. The number of alkyl halides is 2. The highest BCUT2D eigenvalue weighted by Crippen LogP contribution is 2.26. The molecule has 0 aromatic carbocycles. The van der Waals surface area contributed by atoms with Crippen LogP contribution in [-0.2, 0) is 9.53 Å². The number of carbonyl (C=O) groups is 1. The van der Waals surface area contributed by atoms with E-state index in [1.807, 2.05) is 16.8 Å². The maximum absolute atomic E-state index is 12.0. The summed E-state index contributed by atoms with van der Waals surface area (Å²) in [6, 6.07) is 1.68. The maximum Gasteiger partial charge on any atom is 0.261 e. The van der Waals surface area contributed by atoms with Gasteiger partial charge in [-0.25, -0.2) is 8.78 Å². The van der Waals surface area contributed by atoms with Gasteiger partial charge in [-0.05, 0) is 29.3 Å². The minimum atomic E-state index is -2.47. The lowest BCUT2D eigenvalue weighted by Gasteiger charge is -2.23. The molecule has 1 aromatic rings. The number of amides is 1. The molecule has 19 heavy (non-hydrogen) atoms. The van der Waals surface area contributed by atoms with Crippen LogP contribution in [0.25, 0.3) is 0 Å². The fourth-order valence-corrected chi connectivity index (χ4v) is 2.73. The summed E-state index contributed by atoms with van der Waals surface area (Å²) >= 11 is 1.55. The summed E-state index contributed by atoms with van der Waals surface area (Å²) in [5, 5.41) is 7.09. The monoisotopic (exact) mass is 290 g/mol. The highest BCUT2D eigenvalue weighted by molar-refractivity contribution is 7.07. The molecule has 0 saturated carbocycles. The third-order valence-corrected chi connectivity index (χ3v) is 3.65. The molecule has 0 spiro atoms. The van der Waals surface area contributed by atoms with E-state index in [0.29, 0.717) is 6.54 Å². The molecule has 0 bridgehead atoms. The average Bonchev–Trinajstić information content (AvgIpc) is 2.96. The molecule has 7 heteroatoms. The zero-order valence-electron chi connectivity index (χ0n) is 10.5. The van der Waals surface area contributed by atoms with Crippen molar-refractivity contribution in [3.05, 3.63) is 22.4 Å². The number of halogens is 2. The van der Waals surface area contributed by atoms with Gasteiger partial charge in [0.1, 0.15) is 12.8 Å². The highest BCUT2D eigenvalue weighted by Gasteiger charge is 2.36. The van der Waals surface area contributed by atoms with Gasteiger partial charge in [-0.3, -0.25) is 10.1 Å². The Morgan fingerprint density at radius 1 is 1.58 bits per heavy atom. The van der Waals surface area contributed by atoms with Gasteiger partial charge in [0.05, 0.1) is 12.6 Å². The maximum atomic E-state index is 12.0. The number of hydrogen-bond donors (Lipinski definition) is 1. The van der Waals surface area contributed by atoms with Crippen LogP contribution in [0.1, 0.15) is 18.7 Å². The van der Waals surface area contributed by atoms with Gasteiger partial charge >= 0.3 is 0 Å². The van der Waals surface area contributed by atoms with E-state index < -0.39 is 13.0 Å². The summed E-state index contributed by atoms with van der Waals surface area (Å²) in [7, 11) is 0. The number of carbonyl (C=O) groups excluding carboxylic acids is 1. The zero-order chi connectivity index (χ0) is 13.8. The fraction of sp³-hybridized carbons (Fsp3) is 0.583. The van der Waals surface area contributed by atoms with E-state index in [0.717, 1.165) is 5.56 Å². The fourth-order valence-electron chi connectivity index (χ4n) is 2.06. The summed E-state index contributed by atoms with van der Waals surface area (Å²) in [6.45, 7) is 1.63. The number of rotatable bonds is 6. The van der Waals surface area contributed by atoms with E-state index in [1.165, 1.54) is 0 Å². The van der Waals surface area contributed by atoms with Crippen molar-refractivity contribution >= 4 is 17.2 Å². The molecule has 1 aromatic heterocycles. The smallest absolute Gasteiger partial charge is 0.261 e. The molecule has 2 heterocycles. The van der Waals surface area contributed by atoms with Crippen LogP contribution in [0.5, 0.6) is 0 Å². The molecule has 1 fully saturated rings. The van der Waals surface area contributed by atoms with Crippen LogP contribution in [0, 0.1) is 0 Å². The van der Waals surface area contributed by atoms with E-state index in [-0.39, 0.29) is 24.7 Å². The lowest BCUT2D eigenvalue weighted by atomic mass is 10.2. The molecule has 1 saturated heterocycles. The van der Waals surface area contributed by atoms with Crippen LogP contribution >= 0.6 is 11.3 Å². The summed E-state index contributed by atoms with van der Waals surface area (Å²) < 4.78 is 28.8. The number of hydrogen-bond acceptors (Lipinski definition) is 4. The summed E-state index contributed by atoms with van der Waals surface area (Å²) in [4.78, 5) is 13.6. The molecule has 2 atom stereocenters. The van der Waals surface area contributed by atoms with Gasteiger partial charge in [0.15, 0.2) is 0 Å². The van der Waals surface area contributed by atoms with Crippen LogP contribution < -0.4 is 5.32 Å². The van der Waals surface area contributed by atoms with Gasteiger partial charge in [0.25, 0.3) is 6.43 Å². The number of nitrogens with one attached hydrogen (secondary N) is 1.